The summed E-state index contributed by atoms with van der Waals surface area (Å²) >= 11 is 0. The largest absolute Gasteiger partial charge is 0.496 e. The van der Waals surface area contributed by atoms with Crippen LogP contribution in [0.15, 0.2) is 18.2 Å². The molecule has 0 spiro atoms. The number of aryl methyl sites for hydroxylation is 1. The first-order valence-electron chi connectivity index (χ1n) is 6.67. The number of hydrogen-bond acceptors (Lipinski definition) is 4. The molecule has 0 aliphatic heterocycles. The van der Waals surface area contributed by atoms with Crippen LogP contribution in [0.3, 0.4) is 0 Å². The summed E-state index contributed by atoms with van der Waals surface area (Å²) in [5, 5.41) is 5.93. The van der Waals surface area contributed by atoms with Crippen LogP contribution < -0.4 is 15.4 Å². The molecule has 0 aromatic heterocycles. The number of amides is 1. The van der Waals surface area contributed by atoms with E-state index < -0.39 is 11.7 Å². The zero-order valence-electron chi connectivity index (χ0n) is 12.9. The molecular weight excluding hydrogens is 256 g/mol. The zero-order chi connectivity index (χ0) is 15.2. The molecule has 0 saturated carbocycles. The summed E-state index contributed by atoms with van der Waals surface area (Å²) in [7, 11) is 1.65. The van der Waals surface area contributed by atoms with Crippen LogP contribution in [0.4, 0.5) is 10.5 Å². The van der Waals surface area contributed by atoms with Crippen molar-refractivity contribution in [2.75, 3.05) is 25.5 Å². The van der Waals surface area contributed by atoms with Crippen LogP contribution in [-0.4, -0.2) is 31.9 Å². The van der Waals surface area contributed by atoms with Gasteiger partial charge in [-0.2, -0.15) is 0 Å². The van der Waals surface area contributed by atoms with Gasteiger partial charge >= 0.3 is 6.09 Å². The fraction of sp³-hybridized carbons (Fsp3) is 0.533. The molecule has 0 atom stereocenters. The Morgan fingerprint density at radius 1 is 1.25 bits per heavy atom. The van der Waals surface area contributed by atoms with Crippen molar-refractivity contribution in [1.29, 1.82) is 0 Å². The van der Waals surface area contributed by atoms with Crippen LogP contribution in [0.1, 0.15) is 26.3 Å². The van der Waals surface area contributed by atoms with Crippen molar-refractivity contribution >= 4 is 11.8 Å². The van der Waals surface area contributed by atoms with Gasteiger partial charge in [0.2, 0.25) is 0 Å². The summed E-state index contributed by atoms with van der Waals surface area (Å²) in [5.41, 5.74) is 1.59. The van der Waals surface area contributed by atoms with Gasteiger partial charge in [0.15, 0.2) is 0 Å². The molecule has 0 saturated heterocycles. The highest BCUT2D eigenvalue weighted by molar-refractivity contribution is 5.67. The molecule has 0 unspecified atom stereocenters. The molecule has 0 heterocycles. The number of ether oxygens (including phenoxy) is 2. The predicted octanol–water partition coefficient (Wildman–Crippen LogP) is 2.94. The Morgan fingerprint density at radius 2 is 1.95 bits per heavy atom. The van der Waals surface area contributed by atoms with Gasteiger partial charge in [-0.3, -0.25) is 0 Å². The van der Waals surface area contributed by atoms with Crippen molar-refractivity contribution in [2.45, 2.75) is 33.3 Å². The molecule has 2 N–H and O–H groups in total. The van der Waals surface area contributed by atoms with Gasteiger partial charge in [-0.1, -0.05) is 0 Å². The number of alkyl carbamates (subject to hydrolysis) is 1. The Bertz CT molecular complexity index is 453. The van der Waals surface area contributed by atoms with E-state index in [9.17, 15) is 4.79 Å². The van der Waals surface area contributed by atoms with E-state index in [4.69, 9.17) is 9.47 Å². The number of rotatable bonds is 5. The fourth-order valence-electron chi connectivity index (χ4n) is 1.67. The molecule has 0 bridgehead atoms. The van der Waals surface area contributed by atoms with Gasteiger partial charge in [0.05, 0.1) is 7.11 Å². The van der Waals surface area contributed by atoms with E-state index in [2.05, 4.69) is 10.6 Å². The number of nitrogens with one attached hydrogen (secondary N) is 2. The average Bonchev–Trinajstić information content (AvgIpc) is 2.33. The molecule has 112 valence electrons. The van der Waals surface area contributed by atoms with E-state index in [1.807, 2.05) is 45.9 Å². The first-order chi connectivity index (χ1) is 9.31. The Labute approximate surface area is 120 Å². The Kier molecular flexibility index (Phi) is 5.67. The summed E-state index contributed by atoms with van der Waals surface area (Å²) < 4.78 is 10.3. The summed E-state index contributed by atoms with van der Waals surface area (Å²) in [6, 6.07) is 5.87. The van der Waals surface area contributed by atoms with Gasteiger partial charge < -0.3 is 20.1 Å². The quantitative estimate of drug-likeness (QED) is 0.814. The maximum atomic E-state index is 11.4. The minimum atomic E-state index is -0.468. The number of hydrogen-bond donors (Lipinski definition) is 2. The molecule has 1 aromatic carbocycles. The van der Waals surface area contributed by atoms with Gasteiger partial charge in [-0.25, -0.2) is 4.79 Å². The van der Waals surface area contributed by atoms with Crippen molar-refractivity contribution in [3.05, 3.63) is 23.8 Å². The maximum absolute atomic E-state index is 11.4. The van der Waals surface area contributed by atoms with Gasteiger partial charge in [0.1, 0.15) is 11.4 Å². The van der Waals surface area contributed by atoms with E-state index in [-0.39, 0.29) is 0 Å². The van der Waals surface area contributed by atoms with E-state index >= 15 is 0 Å². The van der Waals surface area contributed by atoms with Crippen LogP contribution >= 0.6 is 0 Å². The van der Waals surface area contributed by atoms with Crippen LogP contribution in [0.5, 0.6) is 5.75 Å². The third-order valence-electron chi connectivity index (χ3n) is 2.52. The first kappa shape index (κ1) is 16.1. The smallest absolute Gasteiger partial charge is 0.407 e. The summed E-state index contributed by atoms with van der Waals surface area (Å²) in [5.74, 6) is 0.863. The van der Waals surface area contributed by atoms with Crippen LogP contribution in [0.25, 0.3) is 0 Å². The SMILES string of the molecule is COc1ccc(NCCNC(=O)OC(C)(C)C)cc1C. The molecule has 0 aliphatic rings. The van der Waals surface area contributed by atoms with Gasteiger partial charge in [0, 0.05) is 18.8 Å². The molecule has 5 nitrogen and oxygen atoms in total. The Morgan fingerprint density at radius 3 is 2.50 bits per heavy atom. The summed E-state index contributed by atoms with van der Waals surface area (Å²) in [4.78, 5) is 11.4. The third-order valence-corrected chi connectivity index (χ3v) is 2.52. The van der Waals surface area contributed by atoms with Crippen molar-refractivity contribution < 1.29 is 14.3 Å². The maximum Gasteiger partial charge on any atom is 0.407 e. The van der Waals surface area contributed by atoms with Gasteiger partial charge in [-0.05, 0) is 51.5 Å². The van der Waals surface area contributed by atoms with Crippen LogP contribution in [-0.2, 0) is 4.74 Å². The highest BCUT2D eigenvalue weighted by Gasteiger charge is 2.15. The predicted molar refractivity (Wildman–Crippen MR) is 80.5 cm³/mol. The second kappa shape index (κ2) is 7.03. The molecule has 5 heteroatoms. The third kappa shape index (κ3) is 5.82. The standard InChI is InChI=1S/C15H24N2O3/c1-11-10-12(6-7-13(11)19-5)16-8-9-17-14(18)20-15(2,3)4/h6-7,10,16H,8-9H2,1-5H3,(H,17,18). The molecule has 1 amide bonds. The van der Waals surface area contributed by atoms with Gasteiger partial charge in [-0.15, -0.1) is 0 Å². The lowest BCUT2D eigenvalue weighted by Crippen LogP contribution is -2.34. The van der Waals surface area contributed by atoms with Crippen molar-refractivity contribution in [3.8, 4) is 5.75 Å². The molecule has 20 heavy (non-hydrogen) atoms. The summed E-state index contributed by atoms with van der Waals surface area (Å²) in [6.07, 6.45) is -0.398. The van der Waals surface area contributed by atoms with Crippen LogP contribution in [0.2, 0.25) is 0 Å². The topological polar surface area (TPSA) is 59.6 Å². The van der Waals surface area contributed by atoms with Crippen molar-refractivity contribution in [1.82, 2.24) is 5.32 Å². The highest BCUT2D eigenvalue weighted by atomic mass is 16.6. The van der Waals surface area contributed by atoms with E-state index in [1.165, 1.54) is 0 Å². The fourth-order valence-corrected chi connectivity index (χ4v) is 1.67. The number of carbonyl (C=O) groups excluding carboxylic acids is 1. The molecule has 0 aliphatic carbocycles. The molecule has 0 radical (unpaired) electrons. The number of anilines is 1. The molecule has 1 aromatic rings. The molecule has 1 rings (SSSR count). The minimum absolute atomic E-state index is 0.398. The highest BCUT2D eigenvalue weighted by Crippen LogP contribution is 2.20. The second-order valence-corrected chi connectivity index (χ2v) is 5.54. The zero-order valence-corrected chi connectivity index (χ0v) is 12.9. The average molecular weight is 280 g/mol. The van der Waals surface area contributed by atoms with Crippen molar-refractivity contribution in [2.24, 2.45) is 0 Å². The number of benzene rings is 1. The lowest BCUT2D eigenvalue weighted by molar-refractivity contribution is 0.0530. The number of carbonyl (C=O) groups is 1. The van der Waals surface area contributed by atoms with Gasteiger partial charge in [0.25, 0.3) is 0 Å². The Balaban J connectivity index is 2.31. The molecule has 0 fully saturated rings. The monoisotopic (exact) mass is 280 g/mol. The summed E-state index contributed by atoms with van der Waals surface area (Å²) in [6.45, 7) is 8.63. The normalized spacial score (nSPS) is 10.8. The number of methoxy groups -OCH3 is 1. The van der Waals surface area contributed by atoms with Crippen molar-refractivity contribution in [3.63, 3.8) is 0 Å². The molecular formula is C15H24N2O3. The second-order valence-electron chi connectivity index (χ2n) is 5.54. The minimum Gasteiger partial charge on any atom is -0.496 e. The van der Waals surface area contributed by atoms with E-state index in [0.29, 0.717) is 13.1 Å². The Hall–Kier alpha value is -1.91. The first-order valence-corrected chi connectivity index (χ1v) is 6.67. The lowest BCUT2D eigenvalue weighted by Gasteiger charge is -2.19. The lowest BCUT2D eigenvalue weighted by atomic mass is 10.2. The van der Waals surface area contributed by atoms with Crippen LogP contribution in [0, 0.1) is 6.92 Å². The van der Waals surface area contributed by atoms with E-state index in [0.717, 1.165) is 17.0 Å². The van der Waals surface area contributed by atoms with E-state index in [1.54, 1.807) is 7.11 Å².